The monoisotopic (exact) mass is 291 g/mol. The van der Waals surface area contributed by atoms with Crippen LogP contribution in [0, 0.1) is 5.92 Å². The third-order valence-corrected chi connectivity index (χ3v) is 3.54. The summed E-state index contributed by atoms with van der Waals surface area (Å²) in [4.78, 5) is 22.8. The van der Waals surface area contributed by atoms with Gasteiger partial charge in [-0.1, -0.05) is 19.9 Å². The third-order valence-electron chi connectivity index (χ3n) is 3.54. The molecule has 2 atom stereocenters. The minimum atomic E-state index is -0.401. The van der Waals surface area contributed by atoms with E-state index in [2.05, 4.69) is 10.6 Å². The Balaban J connectivity index is 2.16. The highest BCUT2D eigenvalue weighted by Crippen LogP contribution is 2.30. The first-order valence-electron chi connectivity index (χ1n) is 7.00. The Morgan fingerprint density at radius 3 is 2.71 bits per heavy atom. The largest absolute Gasteiger partial charge is 0.482 e. The maximum atomic E-state index is 11.5. The highest BCUT2D eigenvalue weighted by Gasteiger charge is 2.23. The summed E-state index contributed by atoms with van der Waals surface area (Å²) >= 11 is 0. The number of rotatable bonds is 5. The van der Waals surface area contributed by atoms with E-state index in [0.29, 0.717) is 11.4 Å². The molecule has 0 aliphatic carbocycles. The highest BCUT2D eigenvalue weighted by atomic mass is 16.5. The van der Waals surface area contributed by atoms with Gasteiger partial charge in [-0.25, -0.2) is 0 Å². The lowest BCUT2D eigenvalue weighted by Crippen LogP contribution is -2.45. The minimum Gasteiger partial charge on any atom is -0.482 e. The van der Waals surface area contributed by atoms with Gasteiger partial charge in [0.1, 0.15) is 5.75 Å². The number of hydrogen-bond acceptors (Lipinski definition) is 4. The Hall–Kier alpha value is -2.08. The average Bonchev–Trinajstić information content (AvgIpc) is 2.42. The lowest BCUT2D eigenvalue weighted by Gasteiger charge is -2.25. The molecule has 1 aliphatic rings. The van der Waals surface area contributed by atoms with Gasteiger partial charge in [-0.3, -0.25) is 14.9 Å². The normalized spacial score (nSPS) is 16.7. The molecule has 1 aromatic carbocycles. The molecule has 114 valence electrons. The molecule has 0 fully saturated rings. The molecule has 0 saturated heterocycles. The molecule has 0 spiro atoms. The summed E-state index contributed by atoms with van der Waals surface area (Å²) in [6.07, 6.45) is 0. The summed E-state index contributed by atoms with van der Waals surface area (Å²) in [7, 11) is 0. The minimum absolute atomic E-state index is 0.0389. The number of benzene rings is 1. The highest BCUT2D eigenvalue weighted by molar-refractivity contribution is 5.95. The van der Waals surface area contributed by atoms with Crippen LogP contribution in [-0.4, -0.2) is 24.5 Å². The van der Waals surface area contributed by atoms with E-state index in [4.69, 9.17) is 10.5 Å². The van der Waals surface area contributed by atoms with Crippen LogP contribution in [-0.2, 0) is 9.59 Å². The van der Waals surface area contributed by atoms with Crippen LogP contribution in [0.1, 0.15) is 32.4 Å². The van der Waals surface area contributed by atoms with Gasteiger partial charge in [0, 0.05) is 6.04 Å². The van der Waals surface area contributed by atoms with Crippen LogP contribution in [0.4, 0.5) is 5.69 Å². The predicted molar refractivity (Wildman–Crippen MR) is 79.9 cm³/mol. The van der Waals surface area contributed by atoms with Crippen molar-refractivity contribution in [3.8, 4) is 5.75 Å². The van der Waals surface area contributed by atoms with Crippen LogP contribution in [0.3, 0.4) is 0 Å². The number of carbonyl (C=O) groups excluding carboxylic acids is 2. The smallest absolute Gasteiger partial charge is 0.262 e. The second kappa shape index (κ2) is 6.13. The van der Waals surface area contributed by atoms with E-state index in [1.165, 1.54) is 0 Å². The van der Waals surface area contributed by atoms with Crippen molar-refractivity contribution in [3.05, 3.63) is 23.8 Å². The van der Waals surface area contributed by atoms with E-state index in [0.717, 1.165) is 5.56 Å². The van der Waals surface area contributed by atoms with Crippen molar-refractivity contribution < 1.29 is 14.3 Å². The van der Waals surface area contributed by atoms with Crippen LogP contribution in [0.5, 0.6) is 5.75 Å². The van der Waals surface area contributed by atoms with Crippen molar-refractivity contribution in [3.63, 3.8) is 0 Å². The first-order valence-corrected chi connectivity index (χ1v) is 7.00. The van der Waals surface area contributed by atoms with E-state index in [-0.39, 0.29) is 30.4 Å². The molecule has 1 heterocycles. The van der Waals surface area contributed by atoms with Gasteiger partial charge in [0.15, 0.2) is 6.61 Å². The SMILES string of the molecule is CC(NC(C(N)=O)C(C)C)c1ccc2c(c1)NC(=O)CO2. The van der Waals surface area contributed by atoms with Gasteiger partial charge in [-0.15, -0.1) is 0 Å². The molecular weight excluding hydrogens is 270 g/mol. The number of ether oxygens (including phenoxy) is 1. The van der Waals surface area contributed by atoms with Gasteiger partial charge >= 0.3 is 0 Å². The number of hydrogen-bond donors (Lipinski definition) is 3. The Bertz CT molecular complexity index is 557. The number of amides is 2. The second-order valence-corrected chi connectivity index (χ2v) is 5.60. The van der Waals surface area contributed by atoms with Crippen molar-refractivity contribution in [2.75, 3.05) is 11.9 Å². The molecule has 1 aromatic rings. The van der Waals surface area contributed by atoms with Crippen molar-refractivity contribution in [2.24, 2.45) is 11.7 Å². The first kappa shape index (κ1) is 15.3. The topological polar surface area (TPSA) is 93.5 Å². The van der Waals surface area contributed by atoms with E-state index in [9.17, 15) is 9.59 Å². The number of primary amides is 1. The Morgan fingerprint density at radius 1 is 1.38 bits per heavy atom. The lowest BCUT2D eigenvalue weighted by molar-refractivity contribution is -0.121. The fourth-order valence-electron chi connectivity index (χ4n) is 2.34. The van der Waals surface area contributed by atoms with Gasteiger partial charge in [0.25, 0.3) is 5.91 Å². The van der Waals surface area contributed by atoms with Crippen LogP contribution in [0.15, 0.2) is 18.2 Å². The number of nitrogens with two attached hydrogens (primary N) is 1. The van der Waals surface area contributed by atoms with Crippen LogP contribution >= 0.6 is 0 Å². The number of anilines is 1. The van der Waals surface area contributed by atoms with Crippen LogP contribution in [0.25, 0.3) is 0 Å². The van der Waals surface area contributed by atoms with Crippen LogP contribution < -0.4 is 21.1 Å². The van der Waals surface area contributed by atoms with Gasteiger partial charge in [-0.05, 0) is 30.5 Å². The lowest BCUT2D eigenvalue weighted by atomic mass is 10.00. The Kier molecular flexibility index (Phi) is 4.47. The summed E-state index contributed by atoms with van der Waals surface area (Å²) in [6, 6.07) is 5.10. The first-order chi connectivity index (χ1) is 9.88. The molecule has 2 amide bonds. The van der Waals surface area contributed by atoms with Crippen molar-refractivity contribution in [2.45, 2.75) is 32.9 Å². The molecule has 6 heteroatoms. The second-order valence-electron chi connectivity index (χ2n) is 5.60. The summed E-state index contributed by atoms with van der Waals surface area (Å²) in [5, 5.41) is 5.99. The zero-order chi connectivity index (χ0) is 15.6. The zero-order valence-corrected chi connectivity index (χ0v) is 12.5. The standard InChI is InChI=1S/C15H21N3O3/c1-8(2)14(15(16)20)17-9(3)10-4-5-12-11(6-10)18-13(19)7-21-12/h4-6,8-9,14,17H,7H2,1-3H3,(H2,16,20)(H,18,19). The molecule has 21 heavy (non-hydrogen) atoms. The molecule has 6 nitrogen and oxygen atoms in total. The maximum Gasteiger partial charge on any atom is 0.262 e. The predicted octanol–water partition coefficient (Wildman–Crippen LogP) is 1.18. The quantitative estimate of drug-likeness (QED) is 0.759. The fraction of sp³-hybridized carbons (Fsp3) is 0.467. The summed E-state index contributed by atoms with van der Waals surface area (Å²) in [5.41, 5.74) is 7.02. The molecule has 4 N–H and O–H groups in total. The summed E-state index contributed by atoms with van der Waals surface area (Å²) in [6.45, 7) is 5.87. The van der Waals surface area contributed by atoms with Gasteiger partial charge in [-0.2, -0.15) is 0 Å². The van der Waals surface area contributed by atoms with Gasteiger partial charge in [0.2, 0.25) is 5.91 Å². The third kappa shape index (κ3) is 3.52. The molecule has 0 bridgehead atoms. The Labute approximate surface area is 124 Å². The Morgan fingerprint density at radius 2 is 2.10 bits per heavy atom. The molecule has 2 rings (SSSR count). The average molecular weight is 291 g/mol. The number of nitrogens with one attached hydrogen (secondary N) is 2. The van der Waals surface area contributed by atoms with E-state index in [1.807, 2.05) is 39.0 Å². The molecule has 0 aromatic heterocycles. The van der Waals surface area contributed by atoms with Crippen molar-refractivity contribution >= 4 is 17.5 Å². The maximum absolute atomic E-state index is 11.5. The molecule has 0 saturated carbocycles. The van der Waals surface area contributed by atoms with E-state index < -0.39 is 6.04 Å². The number of carbonyl (C=O) groups is 2. The van der Waals surface area contributed by atoms with Crippen molar-refractivity contribution in [1.29, 1.82) is 0 Å². The summed E-state index contributed by atoms with van der Waals surface area (Å²) < 4.78 is 5.32. The number of fused-ring (bicyclic) bond motifs is 1. The van der Waals surface area contributed by atoms with Gasteiger partial charge in [0.05, 0.1) is 11.7 Å². The van der Waals surface area contributed by atoms with E-state index >= 15 is 0 Å². The van der Waals surface area contributed by atoms with Gasteiger partial charge < -0.3 is 15.8 Å². The fourth-order valence-corrected chi connectivity index (χ4v) is 2.34. The summed E-state index contributed by atoms with van der Waals surface area (Å²) in [5.74, 6) is 0.218. The van der Waals surface area contributed by atoms with Crippen molar-refractivity contribution in [1.82, 2.24) is 5.32 Å². The van der Waals surface area contributed by atoms with Crippen LogP contribution in [0.2, 0.25) is 0 Å². The zero-order valence-electron chi connectivity index (χ0n) is 12.5. The van der Waals surface area contributed by atoms with E-state index in [1.54, 1.807) is 0 Å². The molecule has 0 radical (unpaired) electrons. The molecular formula is C15H21N3O3. The molecule has 1 aliphatic heterocycles. The molecule has 2 unspecified atom stereocenters.